The number of hydrogen-bond acceptors (Lipinski definition) is 4. The molecule has 1 amide bonds. The molecule has 144 valence electrons. The van der Waals surface area contributed by atoms with E-state index in [1.807, 2.05) is 43.3 Å². The van der Waals surface area contributed by atoms with Crippen LogP contribution in [0, 0.1) is 0 Å². The number of nitrogens with zero attached hydrogens (tertiary/aromatic N) is 2. The van der Waals surface area contributed by atoms with Crippen molar-refractivity contribution in [3.63, 3.8) is 0 Å². The van der Waals surface area contributed by atoms with Crippen molar-refractivity contribution >= 4 is 23.2 Å². The molecule has 0 aromatic heterocycles. The monoisotopic (exact) mass is 387 g/mol. The van der Waals surface area contributed by atoms with Crippen LogP contribution in [0.15, 0.2) is 48.5 Å². The number of piperazine rings is 1. The Hall–Kier alpha value is -2.24. The average molecular weight is 388 g/mol. The summed E-state index contributed by atoms with van der Waals surface area (Å²) in [5.74, 6) is 0.891. The van der Waals surface area contributed by atoms with Crippen molar-refractivity contribution in [1.29, 1.82) is 0 Å². The second-order valence-electron chi connectivity index (χ2n) is 6.77. The van der Waals surface area contributed by atoms with Crippen LogP contribution in [0.4, 0.5) is 5.69 Å². The summed E-state index contributed by atoms with van der Waals surface area (Å²) in [6.07, 6.45) is 0. The summed E-state index contributed by atoms with van der Waals surface area (Å²) in [7, 11) is 1.67. The fourth-order valence-corrected chi connectivity index (χ4v) is 3.65. The minimum Gasteiger partial charge on any atom is -0.497 e. The minimum absolute atomic E-state index is 0.0281. The van der Waals surface area contributed by atoms with Gasteiger partial charge in [0.25, 0.3) is 0 Å². The maximum Gasteiger partial charge on any atom is 0.234 e. The van der Waals surface area contributed by atoms with Gasteiger partial charge in [-0.3, -0.25) is 9.69 Å². The largest absolute Gasteiger partial charge is 0.497 e. The molecule has 27 heavy (non-hydrogen) atoms. The number of carbonyl (C=O) groups is 1. The average Bonchev–Trinajstić information content (AvgIpc) is 2.69. The molecule has 1 aliphatic rings. The van der Waals surface area contributed by atoms with Crippen LogP contribution in [0.2, 0.25) is 5.02 Å². The molecule has 3 rings (SSSR count). The number of methoxy groups -OCH3 is 1. The van der Waals surface area contributed by atoms with Gasteiger partial charge < -0.3 is 15.0 Å². The van der Waals surface area contributed by atoms with Crippen LogP contribution in [0.1, 0.15) is 18.5 Å². The lowest BCUT2D eigenvalue weighted by Gasteiger charge is -2.36. The molecule has 0 radical (unpaired) electrons. The van der Waals surface area contributed by atoms with Crippen molar-refractivity contribution < 1.29 is 9.53 Å². The number of halogens is 1. The van der Waals surface area contributed by atoms with Gasteiger partial charge in [-0.2, -0.15) is 0 Å². The van der Waals surface area contributed by atoms with Crippen molar-refractivity contribution in [3.05, 3.63) is 59.1 Å². The highest BCUT2D eigenvalue weighted by Gasteiger charge is 2.20. The topological polar surface area (TPSA) is 44.8 Å². The molecule has 0 unspecified atom stereocenters. The molecule has 2 aromatic carbocycles. The van der Waals surface area contributed by atoms with E-state index in [1.165, 1.54) is 5.69 Å². The van der Waals surface area contributed by atoms with Gasteiger partial charge in [-0.25, -0.2) is 0 Å². The Balaban J connectivity index is 1.47. The second kappa shape index (κ2) is 9.11. The Labute approximate surface area is 165 Å². The lowest BCUT2D eigenvalue weighted by Crippen LogP contribution is -2.49. The van der Waals surface area contributed by atoms with Gasteiger partial charge in [0.2, 0.25) is 5.91 Å². The molecule has 0 spiro atoms. The van der Waals surface area contributed by atoms with E-state index in [2.05, 4.69) is 27.2 Å². The number of benzene rings is 2. The third-order valence-electron chi connectivity index (χ3n) is 4.93. The Morgan fingerprint density at radius 1 is 1.11 bits per heavy atom. The molecule has 1 atom stereocenters. The summed E-state index contributed by atoms with van der Waals surface area (Å²) < 4.78 is 5.21. The van der Waals surface area contributed by atoms with E-state index in [0.717, 1.165) is 37.5 Å². The SMILES string of the molecule is COc1ccc(N2CCN(CC(=O)N[C@@H](C)c3ccccc3Cl)CC2)cc1. The molecule has 1 saturated heterocycles. The molecule has 1 aliphatic heterocycles. The maximum absolute atomic E-state index is 12.4. The van der Waals surface area contributed by atoms with Crippen molar-refractivity contribution in [2.75, 3.05) is 44.7 Å². The fraction of sp³-hybridized carbons (Fsp3) is 0.381. The normalized spacial score (nSPS) is 16.0. The molecule has 0 bridgehead atoms. The highest BCUT2D eigenvalue weighted by molar-refractivity contribution is 6.31. The summed E-state index contributed by atoms with van der Waals surface area (Å²) in [6.45, 7) is 5.89. The van der Waals surface area contributed by atoms with Gasteiger partial charge in [0, 0.05) is 36.9 Å². The highest BCUT2D eigenvalue weighted by atomic mass is 35.5. The van der Waals surface area contributed by atoms with Crippen molar-refractivity contribution in [2.45, 2.75) is 13.0 Å². The number of amides is 1. The summed E-state index contributed by atoms with van der Waals surface area (Å²) >= 11 is 6.21. The predicted molar refractivity (Wildman–Crippen MR) is 110 cm³/mol. The highest BCUT2D eigenvalue weighted by Crippen LogP contribution is 2.22. The van der Waals surface area contributed by atoms with E-state index in [4.69, 9.17) is 16.3 Å². The van der Waals surface area contributed by atoms with E-state index in [1.54, 1.807) is 7.11 Å². The second-order valence-corrected chi connectivity index (χ2v) is 7.18. The number of nitrogens with one attached hydrogen (secondary N) is 1. The smallest absolute Gasteiger partial charge is 0.234 e. The first-order chi connectivity index (χ1) is 13.1. The molecule has 5 nitrogen and oxygen atoms in total. The molecular formula is C21H26ClN3O2. The van der Waals surface area contributed by atoms with E-state index in [0.29, 0.717) is 11.6 Å². The van der Waals surface area contributed by atoms with Gasteiger partial charge in [0.05, 0.1) is 19.7 Å². The summed E-state index contributed by atoms with van der Waals surface area (Å²) in [5, 5.41) is 3.73. The predicted octanol–water partition coefficient (Wildman–Crippen LogP) is 3.35. The van der Waals surface area contributed by atoms with Gasteiger partial charge >= 0.3 is 0 Å². The minimum atomic E-state index is -0.105. The quantitative estimate of drug-likeness (QED) is 0.825. The maximum atomic E-state index is 12.4. The lowest BCUT2D eigenvalue weighted by atomic mass is 10.1. The number of carbonyl (C=O) groups excluding carboxylic acids is 1. The van der Waals surface area contributed by atoms with Crippen LogP contribution in [0.3, 0.4) is 0 Å². The fourth-order valence-electron chi connectivity index (χ4n) is 3.35. The molecule has 0 saturated carbocycles. The van der Waals surface area contributed by atoms with Crippen molar-refractivity contribution in [3.8, 4) is 5.75 Å². The zero-order chi connectivity index (χ0) is 19.2. The van der Waals surface area contributed by atoms with E-state index in [-0.39, 0.29) is 11.9 Å². The summed E-state index contributed by atoms with van der Waals surface area (Å²) in [4.78, 5) is 16.9. The first-order valence-electron chi connectivity index (χ1n) is 9.22. The molecular weight excluding hydrogens is 362 g/mol. The van der Waals surface area contributed by atoms with Gasteiger partial charge in [0.15, 0.2) is 0 Å². The van der Waals surface area contributed by atoms with Gasteiger partial charge in [-0.15, -0.1) is 0 Å². The van der Waals surface area contributed by atoms with Crippen LogP contribution in [0.25, 0.3) is 0 Å². The summed E-state index contributed by atoms with van der Waals surface area (Å²) in [6, 6.07) is 15.6. The third-order valence-corrected chi connectivity index (χ3v) is 5.27. The Morgan fingerprint density at radius 3 is 2.41 bits per heavy atom. The number of hydrogen-bond donors (Lipinski definition) is 1. The Kier molecular flexibility index (Phi) is 6.58. The zero-order valence-corrected chi connectivity index (χ0v) is 16.6. The summed E-state index contributed by atoms with van der Waals surface area (Å²) in [5.41, 5.74) is 2.13. The van der Waals surface area contributed by atoms with E-state index in [9.17, 15) is 4.79 Å². The molecule has 0 aliphatic carbocycles. The van der Waals surface area contributed by atoms with Crippen molar-refractivity contribution in [1.82, 2.24) is 10.2 Å². The van der Waals surface area contributed by atoms with Gasteiger partial charge in [0.1, 0.15) is 5.75 Å². The van der Waals surface area contributed by atoms with Crippen LogP contribution in [0.5, 0.6) is 5.75 Å². The zero-order valence-electron chi connectivity index (χ0n) is 15.8. The molecule has 2 aromatic rings. The van der Waals surface area contributed by atoms with E-state index >= 15 is 0 Å². The Bertz CT molecular complexity index is 758. The number of ether oxygens (including phenoxy) is 1. The van der Waals surface area contributed by atoms with Crippen LogP contribution in [-0.4, -0.2) is 50.6 Å². The lowest BCUT2D eigenvalue weighted by molar-refractivity contribution is -0.123. The number of anilines is 1. The number of rotatable bonds is 6. The van der Waals surface area contributed by atoms with Gasteiger partial charge in [-0.05, 0) is 42.8 Å². The van der Waals surface area contributed by atoms with Crippen LogP contribution in [-0.2, 0) is 4.79 Å². The van der Waals surface area contributed by atoms with Gasteiger partial charge in [-0.1, -0.05) is 29.8 Å². The standard InChI is InChI=1S/C21H26ClN3O2/c1-16(19-5-3-4-6-20(19)22)23-21(26)15-24-11-13-25(14-12-24)17-7-9-18(27-2)10-8-17/h3-10,16H,11-15H2,1-2H3,(H,23,26)/t16-/m0/s1. The van der Waals surface area contributed by atoms with E-state index < -0.39 is 0 Å². The third kappa shape index (κ3) is 5.15. The molecule has 1 heterocycles. The van der Waals surface area contributed by atoms with Crippen LogP contribution >= 0.6 is 11.6 Å². The Morgan fingerprint density at radius 2 is 1.78 bits per heavy atom. The van der Waals surface area contributed by atoms with Crippen molar-refractivity contribution in [2.24, 2.45) is 0 Å². The molecule has 6 heteroatoms. The first-order valence-corrected chi connectivity index (χ1v) is 9.60. The first kappa shape index (κ1) is 19.5. The molecule has 1 fully saturated rings. The molecule has 1 N–H and O–H groups in total. The van der Waals surface area contributed by atoms with Crippen LogP contribution < -0.4 is 15.0 Å².